The first kappa shape index (κ1) is 19.1. The number of carbonyl (C=O) groups is 1. The fourth-order valence-corrected chi connectivity index (χ4v) is 2.74. The zero-order valence-corrected chi connectivity index (χ0v) is 14.4. The van der Waals surface area contributed by atoms with Crippen LogP contribution in [-0.2, 0) is 9.53 Å². The van der Waals surface area contributed by atoms with Gasteiger partial charge in [0.1, 0.15) is 12.4 Å². The summed E-state index contributed by atoms with van der Waals surface area (Å²) >= 11 is 5.91. The molecule has 0 saturated carbocycles. The SMILES string of the molecule is CCOC(=O)C1CCCN(CCOc2cccc(Cl)c2)C1.Cl. The molecule has 1 aromatic carbocycles. The lowest BCUT2D eigenvalue weighted by atomic mass is 9.98. The molecule has 0 N–H and O–H groups in total. The topological polar surface area (TPSA) is 38.8 Å². The van der Waals surface area contributed by atoms with E-state index in [4.69, 9.17) is 21.1 Å². The van der Waals surface area contributed by atoms with E-state index in [-0.39, 0.29) is 24.3 Å². The summed E-state index contributed by atoms with van der Waals surface area (Å²) in [6.07, 6.45) is 1.95. The first-order valence-corrected chi connectivity index (χ1v) is 7.84. The van der Waals surface area contributed by atoms with Gasteiger partial charge in [-0.3, -0.25) is 9.69 Å². The molecular weight excluding hydrogens is 325 g/mol. The van der Waals surface area contributed by atoms with Gasteiger partial charge in [-0.05, 0) is 44.5 Å². The van der Waals surface area contributed by atoms with E-state index in [1.165, 1.54) is 0 Å². The lowest BCUT2D eigenvalue weighted by Crippen LogP contribution is -2.41. The molecule has 0 amide bonds. The summed E-state index contributed by atoms with van der Waals surface area (Å²) in [7, 11) is 0. The predicted molar refractivity (Wildman–Crippen MR) is 90.0 cm³/mol. The number of carbonyl (C=O) groups excluding carboxylic acids is 1. The van der Waals surface area contributed by atoms with Crippen LogP contribution >= 0.6 is 24.0 Å². The van der Waals surface area contributed by atoms with E-state index in [1.807, 2.05) is 25.1 Å². The molecule has 0 aliphatic carbocycles. The molecule has 1 aliphatic rings. The number of ether oxygens (including phenoxy) is 2. The van der Waals surface area contributed by atoms with Gasteiger partial charge in [-0.1, -0.05) is 17.7 Å². The number of hydrogen-bond acceptors (Lipinski definition) is 4. The quantitative estimate of drug-likeness (QED) is 0.739. The van der Waals surface area contributed by atoms with E-state index >= 15 is 0 Å². The molecule has 1 saturated heterocycles. The molecule has 0 radical (unpaired) electrons. The predicted octanol–water partition coefficient (Wildman–Crippen LogP) is 3.42. The molecule has 2 rings (SSSR count). The Morgan fingerprint density at radius 1 is 1.45 bits per heavy atom. The van der Waals surface area contributed by atoms with Crippen molar-refractivity contribution in [1.29, 1.82) is 0 Å². The summed E-state index contributed by atoms with van der Waals surface area (Å²) in [5.74, 6) is 0.712. The lowest BCUT2D eigenvalue weighted by molar-refractivity contribution is -0.150. The van der Waals surface area contributed by atoms with Crippen molar-refractivity contribution >= 4 is 30.0 Å². The minimum Gasteiger partial charge on any atom is -0.492 e. The van der Waals surface area contributed by atoms with Gasteiger partial charge in [0.05, 0.1) is 12.5 Å². The van der Waals surface area contributed by atoms with Crippen LogP contribution in [0, 0.1) is 5.92 Å². The number of hydrogen-bond donors (Lipinski definition) is 0. The second-order valence-corrected chi connectivity index (χ2v) is 5.63. The average molecular weight is 348 g/mol. The zero-order chi connectivity index (χ0) is 15.1. The highest BCUT2D eigenvalue weighted by Gasteiger charge is 2.26. The maximum atomic E-state index is 11.8. The molecule has 6 heteroatoms. The largest absolute Gasteiger partial charge is 0.492 e. The molecule has 1 fully saturated rings. The molecule has 1 aliphatic heterocycles. The summed E-state index contributed by atoms with van der Waals surface area (Å²) in [5, 5.41) is 0.674. The van der Waals surface area contributed by atoms with Gasteiger partial charge in [-0.2, -0.15) is 0 Å². The minimum absolute atomic E-state index is 0. The van der Waals surface area contributed by atoms with Gasteiger partial charge < -0.3 is 9.47 Å². The third kappa shape index (κ3) is 6.03. The summed E-state index contributed by atoms with van der Waals surface area (Å²) in [5.41, 5.74) is 0. The van der Waals surface area contributed by atoms with Crippen LogP contribution in [0.4, 0.5) is 0 Å². The van der Waals surface area contributed by atoms with Crippen LogP contribution in [0.3, 0.4) is 0 Å². The molecule has 1 heterocycles. The Hall–Kier alpha value is -0.970. The molecule has 0 aromatic heterocycles. The van der Waals surface area contributed by atoms with Gasteiger partial charge in [0, 0.05) is 18.1 Å². The van der Waals surface area contributed by atoms with E-state index in [2.05, 4.69) is 4.90 Å². The van der Waals surface area contributed by atoms with Crippen LogP contribution in [0.25, 0.3) is 0 Å². The molecule has 4 nitrogen and oxygen atoms in total. The highest BCUT2D eigenvalue weighted by atomic mass is 35.5. The Kier molecular flexibility index (Phi) is 8.61. The smallest absolute Gasteiger partial charge is 0.310 e. The van der Waals surface area contributed by atoms with E-state index in [1.54, 1.807) is 6.07 Å². The second kappa shape index (κ2) is 9.93. The van der Waals surface area contributed by atoms with Crippen LogP contribution in [-0.4, -0.2) is 43.7 Å². The first-order valence-electron chi connectivity index (χ1n) is 7.46. The number of likely N-dealkylation sites (tertiary alicyclic amines) is 1. The fraction of sp³-hybridized carbons (Fsp3) is 0.562. The third-order valence-corrected chi connectivity index (χ3v) is 3.83. The van der Waals surface area contributed by atoms with Crippen LogP contribution in [0.1, 0.15) is 19.8 Å². The lowest BCUT2D eigenvalue weighted by Gasteiger charge is -2.31. The fourth-order valence-electron chi connectivity index (χ4n) is 2.56. The Morgan fingerprint density at radius 2 is 2.27 bits per heavy atom. The summed E-state index contributed by atoms with van der Waals surface area (Å²) < 4.78 is 10.8. The van der Waals surface area contributed by atoms with Crippen molar-refractivity contribution in [2.75, 3.05) is 32.8 Å². The Bertz CT molecular complexity index is 470. The molecular formula is C16H23Cl2NO3. The van der Waals surface area contributed by atoms with Crippen molar-refractivity contribution in [3.05, 3.63) is 29.3 Å². The molecule has 124 valence electrons. The maximum absolute atomic E-state index is 11.8. The number of nitrogens with zero attached hydrogens (tertiary/aromatic N) is 1. The van der Waals surface area contributed by atoms with E-state index in [0.717, 1.165) is 38.2 Å². The van der Waals surface area contributed by atoms with Gasteiger partial charge in [0.25, 0.3) is 0 Å². The highest BCUT2D eigenvalue weighted by molar-refractivity contribution is 6.30. The van der Waals surface area contributed by atoms with Gasteiger partial charge in [-0.15, -0.1) is 12.4 Å². The molecule has 1 aromatic rings. The minimum atomic E-state index is -0.0713. The number of piperidine rings is 1. The van der Waals surface area contributed by atoms with Crippen molar-refractivity contribution < 1.29 is 14.3 Å². The molecule has 1 atom stereocenters. The van der Waals surface area contributed by atoms with Crippen molar-refractivity contribution in [1.82, 2.24) is 4.90 Å². The van der Waals surface area contributed by atoms with Gasteiger partial charge in [0.2, 0.25) is 0 Å². The van der Waals surface area contributed by atoms with Crippen molar-refractivity contribution in [3.8, 4) is 5.75 Å². The van der Waals surface area contributed by atoms with E-state index in [9.17, 15) is 4.79 Å². The standard InChI is InChI=1S/C16H22ClNO3.ClH/c1-2-20-16(19)13-5-4-8-18(12-13)9-10-21-15-7-3-6-14(17)11-15;/h3,6-7,11,13H,2,4-5,8-10,12H2,1H3;1H. The number of halogens is 2. The van der Waals surface area contributed by atoms with Gasteiger partial charge in [0.15, 0.2) is 0 Å². The van der Waals surface area contributed by atoms with Crippen LogP contribution in [0.2, 0.25) is 5.02 Å². The van der Waals surface area contributed by atoms with E-state index in [0.29, 0.717) is 18.2 Å². The van der Waals surface area contributed by atoms with Crippen LogP contribution < -0.4 is 4.74 Å². The average Bonchev–Trinajstić information content (AvgIpc) is 2.48. The summed E-state index contributed by atoms with van der Waals surface area (Å²) in [6.45, 7) is 5.47. The Labute approximate surface area is 143 Å². The van der Waals surface area contributed by atoms with Crippen LogP contribution in [0.5, 0.6) is 5.75 Å². The number of rotatable bonds is 6. The Balaban J connectivity index is 0.00000242. The van der Waals surface area contributed by atoms with Crippen LogP contribution in [0.15, 0.2) is 24.3 Å². The van der Waals surface area contributed by atoms with E-state index < -0.39 is 0 Å². The molecule has 0 bridgehead atoms. The Morgan fingerprint density at radius 3 is 3.00 bits per heavy atom. The molecule has 22 heavy (non-hydrogen) atoms. The maximum Gasteiger partial charge on any atom is 0.310 e. The zero-order valence-electron chi connectivity index (χ0n) is 12.8. The number of esters is 1. The first-order chi connectivity index (χ1) is 10.2. The van der Waals surface area contributed by atoms with Gasteiger partial charge >= 0.3 is 5.97 Å². The van der Waals surface area contributed by atoms with Gasteiger partial charge in [-0.25, -0.2) is 0 Å². The third-order valence-electron chi connectivity index (χ3n) is 3.60. The summed E-state index contributed by atoms with van der Waals surface area (Å²) in [4.78, 5) is 14.0. The number of benzene rings is 1. The highest BCUT2D eigenvalue weighted by Crippen LogP contribution is 2.19. The van der Waals surface area contributed by atoms with Crippen molar-refractivity contribution in [3.63, 3.8) is 0 Å². The molecule has 0 spiro atoms. The monoisotopic (exact) mass is 347 g/mol. The second-order valence-electron chi connectivity index (χ2n) is 5.20. The summed E-state index contributed by atoms with van der Waals surface area (Å²) in [6, 6.07) is 7.39. The normalized spacial score (nSPS) is 18.4. The van der Waals surface area contributed by atoms with Crippen molar-refractivity contribution in [2.45, 2.75) is 19.8 Å². The van der Waals surface area contributed by atoms with Crippen molar-refractivity contribution in [2.24, 2.45) is 5.92 Å². The molecule has 1 unspecified atom stereocenters.